The van der Waals surface area contributed by atoms with Crippen molar-refractivity contribution in [2.75, 3.05) is 14.7 Å². The first kappa shape index (κ1) is 49.1. The zero-order valence-electron chi connectivity index (χ0n) is 47.9. The molecule has 6 aromatic carbocycles. The van der Waals surface area contributed by atoms with Gasteiger partial charge in [-0.15, -0.1) is 0 Å². The number of hydrogen-bond donors (Lipinski definition) is 0. The molecule has 0 saturated heterocycles. The van der Waals surface area contributed by atoms with E-state index in [9.17, 15) is 0 Å². The first-order valence-corrected chi connectivity index (χ1v) is 29.7. The molecule has 7 heteroatoms. The van der Waals surface area contributed by atoms with Gasteiger partial charge in [-0.3, -0.25) is 0 Å². The Balaban J connectivity index is 1.13. The zero-order valence-corrected chi connectivity index (χ0v) is 48.7. The normalized spacial score (nSPS) is 22.9. The predicted molar refractivity (Wildman–Crippen MR) is 327 cm³/mol. The molecule has 0 bridgehead atoms. The third-order valence-electron chi connectivity index (χ3n) is 20.3. The van der Waals surface area contributed by atoms with Gasteiger partial charge in [0.1, 0.15) is 22.8 Å². The largest absolute Gasteiger partial charge is 0.460 e. The molecule has 2 atom stereocenters. The number of fused-ring (bicyclic) bond motifs is 12. The van der Waals surface area contributed by atoms with Crippen LogP contribution in [0.4, 0.5) is 45.5 Å². The molecule has 0 radical (unpaired) electrons. The molecular weight excluding hydrogens is 958 g/mol. The second-order valence-corrected chi connectivity index (χ2v) is 29.2. The highest BCUT2D eigenvalue weighted by molar-refractivity contribution is 7.29. The lowest BCUT2D eigenvalue weighted by Crippen LogP contribution is -2.61. The van der Waals surface area contributed by atoms with Crippen LogP contribution in [-0.4, -0.2) is 12.3 Å². The van der Waals surface area contributed by atoms with Crippen LogP contribution in [0.25, 0.3) is 11.0 Å². The average Bonchev–Trinajstić information content (AvgIpc) is 4.12. The van der Waals surface area contributed by atoms with Gasteiger partial charge < -0.3 is 23.9 Å². The Hall–Kier alpha value is -6.18. The minimum atomic E-state index is -0.151. The van der Waals surface area contributed by atoms with Crippen molar-refractivity contribution in [3.05, 3.63) is 160 Å². The van der Waals surface area contributed by atoms with Crippen molar-refractivity contribution in [3.8, 4) is 11.5 Å². The Kier molecular flexibility index (Phi) is 10.3. The molecule has 0 spiro atoms. The fourth-order valence-electron chi connectivity index (χ4n) is 15.6. The highest BCUT2D eigenvalue weighted by Crippen LogP contribution is 2.63. The van der Waals surface area contributed by atoms with E-state index in [1.54, 1.807) is 0 Å². The fourth-order valence-corrected chi connectivity index (χ4v) is 17.3. The number of furan rings is 1. The third kappa shape index (κ3) is 6.96. The SMILES string of the molecule is CC(C)(C)c1ccc(N2c3cc4oc5c(c4cc3B3c4sc6c(c4N(c4cccc(Oc7ccccc7)c4)c4cc(N7c8ccccc8C8(C)CCCCC78C)cc2c43)C(C)(C)CCC6(C)C)C(C)(C)CCC5(C)C)cc1. The van der Waals surface area contributed by atoms with E-state index in [1.165, 1.54) is 102 Å². The zero-order chi connectivity index (χ0) is 53.6. The summed E-state index contributed by atoms with van der Waals surface area (Å²) >= 11 is 2.10. The number of ether oxygens (including phenoxy) is 1. The Labute approximate surface area is 462 Å². The Morgan fingerprint density at radius 1 is 0.545 bits per heavy atom. The molecular formula is C70H76BN3O2S. The Morgan fingerprint density at radius 2 is 1.19 bits per heavy atom. The lowest BCUT2D eigenvalue weighted by molar-refractivity contribution is 0.195. The summed E-state index contributed by atoms with van der Waals surface area (Å²) in [5.41, 5.74) is 19.0. The van der Waals surface area contributed by atoms with Gasteiger partial charge in [-0.25, -0.2) is 0 Å². The molecule has 3 aliphatic carbocycles. The van der Waals surface area contributed by atoms with Gasteiger partial charge >= 0.3 is 0 Å². The van der Waals surface area contributed by atoms with Crippen LogP contribution in [0, 0.1) is 0 Å². The maximum Gasteiger partial charge on any atom is 0.264 e. The van der Waals surface area contributed by atoms with Crippen LogP contribution in [0.1, 0.15) is 174 Å². The second-order valence-electron chi connectivity index (χ2n) is 28.1. The van der Waals surface area contributed by atoms with Crippen molar-refractivity contribution in [2.45, 2.75) is 179 Å². The minimum Gasteiger partial charge on any atom is -0.460 e. The van der Waals surface area contributed by atoms with Gasteiger partial charge in [0.25, 0.3) is 6.71 Å². The number of rotatable bonds is 5. The molecule has 6 aliphatic rings. The molecule has 14 rings (SSSR count). The van der Waals surface area contributed by atoms with Crippen LogP contribution < -0.4 is 35.1 Å². The van der Waals surface area contributed by atoms with Crippen molar-refractivity contribution in [1.29, 1.82) is 0 Å². The molecule has 2 aromatic heterocycles. The van der Waals surface area contributed by atoms with Crippen molar-refractivity contribution in [3.63, 3.8) is 0 Å². The molecule has 1 saturated carbocycles. The summed E-state index contributed by atoms with van der Waals surface area (Å²) < 4.78 is 15.6. The molecule has 3 aliphatic heterocycles. The van der Waals surface area contributed by atoms with E-state index >= 15 is 0 Å². The summed E-state index contributed by atoms with van der Waals surface area (Å²) in [6.07, 6.45) is 9.23. The highest BCUT2D eigenvalue weighted by atomic mass is 32.1. The van der Waals surface area contributed by atoms with Crippen molar-refractivity contribution in [2.24, 2.45) is 0 Å². The van der Waals surface area contributed by atoms with Gasteiger partial charge in [0.05, 0.1) is 11.2 Å². The Morgan fingerprint density at radius 3 is 1.94 bits per heavy atom. The third-order valence-corrected chi connectivity index (χ3v) is 21.9. The predicted octanol–water partition coefficient (Wildman–Crippen LogP) is 18.1. The second kappa shape index (κ2) is 16.2. The van der Waals surface area contributed by atoms with E-state index in [0.29, 0.717) is 0 Å². The molecule has 77 heavy (non-hydrogen) atoms. The molecule has 2 unspecified atom stereocenters. The molecule has 1 fully saturated rings. The van der Waals surface area contributed by atoms with Crippen molar-refractivity contribution in [1.82, 2.24) is 0 Å². The first-order chi connectivity index (χ1) is 36.5. The molecule has 5 heterocycles. The average molecular weight is 1030 g/mol. The Bertz CT molecular complexity index is 3740. The number of nitrogens with zero attached hydrogens (tertiary/aromatic N) is 3. The van der Waals surface area contributed by atoms with E-state index in [4.69, 9.17) is 9.15 Å². The van der Waals surface area contributed by atoms with Gasteiger partial charge in [0.15, 0.2) is 0 Å². The van der Waals surface area contributed by atoms with Crippen LogP contribution in [0.3, 0.4) is 0 Å². The summed E-state index contributed by atoms with van der Waals surface area (Å²) in [6, 6.07) is 48.5. The minimum absolute atomic E-state index is 0.00219. The van der Waals surface area contributed by atoms with Crippen LogP contribution in [0.5, 0.6) is 11.5 Å². The van der Waals surface area contributed by atoms with Gasteiger partial charge in [0.2, 0.25) is 0 Å². The van der Waals surface area contributed by atoms with E-state index < -0.39 is 0 Å². The van der Waals surface area contributed by atoms with Gasteiger partial charge in [-0.2, -0.15) is 11.3 Å². The van der Waals surface area contributed by atoms with Crippen LogP contribution >= 0.6 is 11.3 Å². The molecule has 8 aromatic rings. The van der Waals surface area contributed by atoms with Gasteiger partial charge in [-0.05, 0) is 149 Å². The van der Waals surface area contributed by atoms with E-state index in [1.807, 2.05) is 0 Å². The maximum atomic E-state index is 7.34. The smallest absolute Gasteiger partial charge is 0.264 e. The van der Waals surface area contributed by atoms with E-state index in [2.05, 4.69) is 243 Å². The molecule has 392 valence electrons. The quantitative estimate of drug-likeness (QED) is 0.160. The number of hydrogen-bond acceptors (Lipinski definition) is 6. The van der Waals surface area contributed by atoms with E-state index in [0.717, 1.165) is 66.3 Å². The van der Waals surface area contributed by atoms with E-state index in [-0.39, 0.29) is 44.7 Å². The van der Waals surface area contributed by atoms with Crippen molar-refractivity contribution >= 4 is 90.2 Å². The van der Waals surface area contributed by atoms with Crippen LogP contribution in [0.2, 0.25) is 0 Å². The maximum absolute atomic E-state index is 7.34. The van der Waals surface area contributed by atoms with Crippen LogP contribution in [0.15, 0.2) is 132 Å². The summed E-state index contributed by atoms with van der Waals surface area (Å²) in [5.74, 6) is 2.82. The van der Waals surface area contributed by atoms with Gasteiger partial charge in [-0.1, -0.05) is 157 Å². The van der Waals surface area contributed by atoms with Crippen molar-refractivity contribution < 1.29 is 9.15 Å². The number of thiophene rings is 1. The summed E-state index contributed by atoms with van der Waals surface area (Å²) in [5, 5.41) is 1.27. The summed E-state index contributed by atoms with van der Waals surface area (Å²) in [6.45, 7) is 31.8. The topological polar surface area (TPSA) is 32.1 Å². The standard InChI is InChI=1S/C70H76BN3O2S/c1-64(2,3)43-28-30-44(31-29-43)72-53-42-56-49(57-61(76-56)67(8,9)36-34-65(57,4)5)41-51(53)71-59-54(72)39-46(74-52-27-18-17-26-50(52)69(12)32-19-20-33-70(69,74)13)40-55(59)73(45-22-21-25-48(38-45)75-47-23-15-14-16-24-47)60-58-62(77-63(60)71)68(10,11)37-35-66(58,6)7/h14-18,21-31,38-42H,19-20,32-37H2,1-13H3. The number of anilines is 8. The fraction of sp³-hybridized carbons (Fsp3) is 0.400. The number of para-hydroxylation sites is 2. The lowest BCUT2D eigenvalue weighted by Gasteiger charge is -2.51. The van der Waals surface area contributed by atoms with Gasteiger partial charge in [0, 0.05) is 83.4 Å². The lowest BCUT2D eigenvalue weighted by atomic mass is 9.36. The highest BCUT2D eigenvalue weighted by Gasteiger charge is 2.59. The number of benzene rings is 6. The summed E-state index contributed by atoms with van der Waals surface area (Å²) in [4.78, 5) is 9.68. The molecule has 5 nitrogen and oxygen atoms in total. The monoisotopic (exact) mass is 1030 g/mol. The van der Waals surface area contributed by atoms with Crippen LogP contribution in [-0.2, 0) is 32.5 Å². The molecule has 0 N–H and O–H groups in total. The first-order valence-electron chi connectivity index (χ1n) is 28.9. The summed E-state index contributed by atoms with van der Waals surface area (Å²) in [7, 11) is 0. The molecule has 0 amide bonds.